The van der Waals surface area contributed by atoms with E-state index < -0.39 is 0 Å². The maximum Gasteiger partial charge on any atom is 0.337 e. The minimum absolute atomic E-state index is 0.144. The van der Waals surface area contributed by atoms with E-state index in [-0.39, 0.29) is 11.8 Å². The van der Waals surface area contributed by atoms with Crippen LogP contribution in [0.5, 0.6) is 11.5 Å². The van der Waals surface area contributed by atoms with Crippen molar-refractivity contribution in [1.29, 1.82) is 0 Å². The second-order valence-corrected chi connectivity index (χ2v) is 7.97. The SMILES string of the molecule is COC(=O)c1ccc(COc2ccc3c(c2C)O/C(=C\c2ccc(N(C)C)cc2)C3=O)cc1. The van der Waals surface area contributed by atoms with Crippen molar-refractivity contribution in [2.45, 2.75) is 13.5 Å². The summed E-state index contributed by atoms with van der Waals surface area (Å²) in [6.45, 7) is 2.19. The van der Waals surface area contributed by atoms with E-state index in [1.807, 2.05) is 62.3 Å². The van der Waals surface area contributed by atoms with Gasteiger partial charge in [0, 0.05) is 25.3 Å². The Balaban J connectivity index is 1.49. The number of carbonyl (C=O) groups is 2. The molecule has 3 aromatic rings. The molecule has 0 saturated carbocycles. The molecule has 0 N–H and O–H groups in total. The summed E-state index contributed by atoms with van der Waals surface area (Å²) < 4.78 is 16.6. The molecule has 0 unspecified atom stereocenters. The first-order chi connectivity index (χ1) is 15.9. The zero-order valence-electron chi connectivity index (χ0n) is 19.0. The van der Waals surface area contributed by atoms with Gasteiger partial charge in [0.25, 0.3) is 0 Å². The molecule has 1 aliphatic rings. The number of methoxy groups -OCH3 is 1. The van der Waals surface area contributed by atoms with Crippen LogP contribution in [0.2, 0.25) is 0 Å². The Morgan fingerprint density at radius 2 is 1.70 bits per heavy atom. The van der Waals surface area contributed by atoms with Crippen LogP contribution in [0.1, 0.15) is 37.4 Å². The molecule has 0 saturated heterocycles. The first kappa shape index (κ1) is 22.1. The van der Waals surface area contributed by atoms with Crippen LogP contribution >= 0.6 is 0 Å². The molecule has 0 fully saturated rings. The quantitative estimate of drug-likeness (QED) is 0.393. The van der Waals surface area contributed by atoms with Crippen LogP contribution in [0, 0.1) is 6.92 Å². The lowest BCUT2D eigenvalue weighted by Crippen LogP contribution is -2.08. The van der Waals surface area contributed by atoms with E-state index in [4.69, 9.17) is 14.2 Å². The summed E-state index contributed by atoms with van der Waals surface area (Å²) >= 11 is 0. The second-order valence-electron chi connectivity index (χ2n) is 7.97. The van der Waals surface area contributed by atoms with Gasteiger partial charge in [0.15, 0.2) is 5.76 Å². The van der Waals surface area contributed by atoms with Gasteiger partial charge in [-0.3, -0.25) is 4.79 Å². The summed E-state index contributed by atoms with van der Waals surface area (Å²) in [7, 11) is 5.31. The minimum Gasteiger partial charge on any atom is -0.488 e. The van der Waals surface area contributed by atoms with E-state index in [0.29, 0.717) is 35.0 Å². The predicted octanol–water partition coefficient (Wildman–Crippen LogP) is 5.04. The number of Topliss-reactive ketones (excluding diaryl/α,β-unsaturated/α-hetero) is 1. The van der Waals surface area contributed by atoms with Gasteiger partial charge in [-0.1, -0.05) is 24.3 Å². The molecule has 33 heavy (non-hydrogen) atoms. The van der Waals surface area contributed by atoms with Crippen molar-refractivity contribution < 1.29 is 23.8 Å². The topological polar surface area (TPSA) is 65.1 Å². The smallest absolute Gasteiger partial charge is 0.337 e. The number of ether oxygens (including phenoxy) is 3. The third kappa shape index (κ3) is 4.60. The Labute approximate surface area is 193 Å². The molecule has 0 spiro atoms. The molecule has 0 radical (unpaired) electrons. The number of anilines is 1. The number of esters is 1. The highest BCUT2D eigenvalue weighted by atomic mass is 16.5. The number of hydrogen-bond donors (Lipinski definition) is 0. The fourth-order valence-electron chi connectivity index (χ4n) is 3.56. The van der Waals surface area contributed by atoms with Crippen LogP contribution in [0.4, 0.5) is 5.69 Å². The Bertz CT molecular complexity index is 1220. The zero-order chi connectivity index (χ0) is 23.5. The summed E-state index contributed by atoms with van der Waals surface area (Å²) in [5.41, 5.74) is 4.65. The van der Waals surface area contributed by atoms with Crippen molar-refractivity contribution in [2.24, 2.45) is 0 Å². The molecule has 0 bridgehead atoms. The first-order valence-corrected chi connectivity index (χ1v) is 10.5. The maximum absolute atomic E-state index is 12.9. The van der Waals surface area contributed by atoms with Gasteiger partial charge in [0.05, 0.1) is 18.2 Å². The fourth-order valence-corrected chi connectivity index (χ4v) is 3.56. The van der Waals surface area contributed by atoms with Crippen molar-refractivity contribution in [3.63, 3.8) is 0 Å². The molecule has 6 heteroatoms. The van der Waals surface area contributed by atoms with Gasteiger partial charge in [-0.15, -0.1) is 0 Å². The number of nitrogens with zero attached hydrogens (tertiary/aromatic N) is 1. The average Bonchev–Trinajstić information content (AvgIpc) is 3.14. The molecule has 4 rings (SSSR count). The summed E-state index contributed by atoms with van der Waals surface area (Å²) in [5.74, 6) is 0.928. The van der Waals surface area contributed by atoms with E-state index >= 15 is 0 Å². The lowest BCUT2D eigenvalue weighted by molar-refractivity contribution is 0.0600. The predicted molar refractivity (Wildman–Crippen MR) is 127 cm³/mol. The van der Waals surface area contributed by atoms with E-state index in [2.05, 4.69) is 0 Å². The second kappa shape index (κ2) is 9.20. The summed E-state index contributed by atoms with van der Waals surface area (Å²) in [6.07, 6.45) is 1.75. The zero-order valence-corrected chi connectivity index (χ0v) is 19.0. The standard InChI is InChI=1S/C27H25NO5/c1-17-23(32-16-19-5-9-20(10-6-19)27(30)31-4)14-13-22-25(29)24(33-26(17)22)15-18-7-11-21(12-8-18)28(2)3/h5-15H,16H2,1-4H3/b24-15-. The molecule has 3 aromatic carbocycles. The normalized spacial score (nSPS) is 13.5. The first-order valence-electron chi connectivity index (χ1n) is 10.5. The van der Waals surface area contributed by atoms with Gasteiger partial charge in [0.1, 0.15) is 18.1 Å². The monoisotopic (exact) mass is 443 g/mol. The highest BCUT2D eigenvalue weighted by molar-refractivity contribution is 6.15. The van der Waals surface area contributed by atoms with Crippen molar-refractivity contribution in [3.05, 3.63) is 94.2 Å². The van der Waals surface area contributed by atoms with E-state index in [0.717, 1.165) is 22.4 Å². The molecule has 0 atom stereocenters. The number of benzene rings is 3. The number of allylic oxidation sites excluding steroid dienone is 1. The van der Waals surface area contributed by atoms with Gasteiger partial charge in [-0.05, 0) is 60.5 Å². The molecule has 0 amide bonds. The molecular weight excluding hydrogens is 418 g/mol. The lowest BCUT2D eigenvalue weighted by Gasteiger charge is -2.12. The van der Waals surface area contributed by atoms with Crippen LogP contribution in [0.3, 0.4) is 0 Å². The van der Waals surface area contributed by atoms with Gasteiger partial charge >= 0.3 is 5.97 Å². The van der Waals surface area contributed by atoms with Crippen molar-refractivity contribution in [2.75, 3.05) is 26.1 Å². The third-order valence-corrected chi connectivity index (χ3v) is 5.51. The van der Waals surface area contributed by atoms with Crippen molar-refractivity contribution >= 4 is 23.5 Å². The molecule has 0 aliphatic carbocycles. The molecule has 1 heterocycles. The number of ketones is 1. The Morgan fingerprint density at radius 3 is 2.33 bits per heavy atom. The average molecular weight is 443 g/mol. The minimum atomic E-state index is -0.378. The van der Waals surface area contributed by atoms with Gasteiger partial charge in [-0.2, -0.15) is 0 Å². The largest absolute Gasteiger partial charge is 0.488 e. The van der Waals surface area contributed by atoms with Gasteiger partial charge < -0.3 is 19.1 Å². The highest BCUT2D eigenvalue weighted by Gasteiger charge is 2.30. The molecule has 168 valence electrons. The van der Waals surface area contributed by atoms with Crippen LogP contribution < -0.4 is 14.4 Å². The van der Waals surface area contributed by atoms with Crippen molar-refractivity contribution in [3.8, 4) is 11.5 Å². The van der Waals surface area contributed by atoms with Crippen LogP contribution in [0.25, 0.3) is 6.08 Å². The fraction of sp³-hybridized carbons (Fsp3) is 0.185. The van der Waals surface area contributed by atoms with Gasteiger partial charge in [-0.25, -0.2) is 4.79 Å². The van der Waals surface area contributed by atoms with Gasteiger partial charge in [0.2, 0.25) is 5.78 Å². The third-order valence-electron chi connectivity index (χ3n) is 5.51. The summed E-state index contributed by atoms with van der Waals surface area (Å²) in [4.78, 5) is 26.4. The van der Waals surface area contributed by atoms with Crippen molar-refractivity contribution in [1.82, 2.24) is 0 Å². The maximum atomic E-state index is 12.9. The van der Waals surface area contributed by atoms with Crippen LogP contribution in [-0.2, 0) is 11.3 Å². The number of carbonyl (C=O) groups excluding carboxylic acids is 2. The van der Waals surface area contributed by atoms with Crippen LogP contribution in [0.15, 0.2) is 66.4 Å². The number of fused-ring (bicyclic) bond motifs is 1. The van der Waals surface area contributed by atoms with E-state index in [1.54, 1.807) is 30.3 Å². The lowest BCUT2D eigenvalue weighted by atomic mass is 10.1. The molecular formula is C27H25NO5. The Morgan fingerprint density at radius 1 is 1.00 bits per heavy atom. The Hall–Kier alpha value is -4.06. The number of rotatable bonds is 6. The Kier molecular flexibility index (Phi) is 6.18. The molecule has 6 nitrogen and oxygen atoms in total. The van der Waals surface area contributed by atoms with Crippen LogP contribution in [-0.4, -0.2) is 33.0 Å². The van der Waals surface area contributed by atoms with E-state index in [1.165, 1.54) is 7.11 Å². The summed E-state index contributed by atoms with van der Waals surface area (Å²) in [5, 5.41) is 0. The molecule has 0 aromatic heterocycles. The molecule has 1 aliphatic heterocycles. The van der Waals surface area contributed by atoms with E-state index in [9.17, 15) is 9.59 Å². The highest BCUT2D eigenvalue weighted by Crippen LogP contribution is 2.39. The number of hydrogen-bond acceptors (Lipinski definition) is 6. The summed E-state index contributed by atoms with van der Waals surface area (Å²) in [6, 6.07) is 18.4.